The van der Waals surface area contributed by atoms with Crippen LogP contribution in [-0.4, -0.2) is 27.3 Å². The molecule has 0 saturated heterocycles. The number of ether oxygens (including phenoxy) is 4. The minimum absolute atomic E-state index is 0. The first-order valence-electron chi connectivity index (χ1n) is 12.8. The Morgan fingerprint density at radius 3 is 1.25 bits per heavy atom. The average Bonchev–Trinajstić information content (AvgIpc) is 2.98. The fraction of sp³-hybridized carbons (Fsp3) is 0.250. The average molecular weight is 586 g/mol. The van der Waals surface area contributed by atoms with Crippen molar-refractivity contribution >= 4 is 24.8 Å². The Kier molecular flexibility index (Phi) is 14.8. The first kappa shape index (κ1) is 32.8. The van der Waals surface area contributed by atoms with Crippen LogP contribution in [0.3, 0.4) is 0 Å². The first-order chi connectivity index (χ1) is 18.7. The second kappa shape index (κ2) is 18.0. The fourth-order valence-electron chi connectivity index (χ4n) is 4.00. The topological polar surface area (TPSA) is 61.0 Å². The molecule has 40 heavy (non-hydrogen) atoms. The third kappa shape index (κ3) is 10.3. The molecule has 4 aromatic rings. The molecule has 214 valence electrons. The van der Waals surface area contributed by atoms with Crippen LogP contribution in [0.15, 0.2) is 97.1 Å². The van der Waals surface area contributed by atoms with Gasteiger partial charge in [-0.1, -0.05) is 72.8 Å². The van der Waals surface area contributed by atoms with E-state index < -0.39 is 0 Å². The molecule has 0 aliphatic heterocycles. The maximum Gasteiger partial charge on any atom is 0.161 e. The molecule has 0 radical (unpaired) electrons. The zero-order valence-corrected chi connectivity index (χ0v) is 24.6. The predicted octanol–water partition coefficient (Wildman–Crippen LogP) is 6.58. The highest BCUT2D eigenvalue weighted by Crippen LogP contribution is 2.30. The number of hydrogen-bond donors (Lipinski definition) is 2. The van der Waals surface area contributed by atoms with Crippen LogP contribution in [0.1, 0.15) is 22.3 Å². The van der Waals surface area contributed by atoms with Gasteiger partial charge in [-0.3, -0.25) is 0 Å². The van der Waals surface area contributed by atoms with Crippen LogP contribution >= 0.6 is 24.8 Å². The van der Waals surface area contributed by atoms with Gasteiger partial charge in [0.25, 0.3) is 0 Å². The van der Waals surface area contributed by atoms with Gasteiger partial charge in [0.2, 0.25) is 0 Å². The first-order valence-corrected chi connectivity index (χ1v) is 12.8. The number of halogens is 2. The van der Waals surface area contributed by atoms with Crippen molar-refractivity contribution in [1.29, 1.82) is 0 Å². The van der Waals surface area contributed by atoms with Gasteiger partial charge in [0.1, 0.15) is 13.2 Å². The van der Waals surface area contributed by atoms with Crippen molar-refractivity contribution in [3.63, 3.8) is 0 Å². The minimum atomic E-state index is 0. The lowest BCUT2D eigenvalue weighted by atomic mass is 10.2. The van der Waals surface area contributed by atoms with Gasteiger partial charge in [-0.2, -0.15) is 0 Å². The van der Waals surface area contributed by atoms with Gasteiger partial charge >= 0.3 is 0 Å². The van der Waals surface area contributed by atoms with E-state index in [2.05, 4.69) is 22.8 Å². The highest BCUT2D eigenvalue weighted by molar-refractivity contribution is 5.85. The Hall–Kier alpha value is -3.42. The van der Waals surface area contributed by atoms with E-state index >= 15 is 0 Å². The molecule has 4 rings (SSSR count). The van der Waals surface area contributed by atoms with Gasteiger partial charge in [0.05, 0.1) is 14.2 Å². The van der Waals surface area contributed by atoms with E-state index in [0.717, 1.165) is 71.4 Å². The maximum atomic E-state index is 5.95. The van der Waals surface area contributed by atoms with Crippen LogP contribution in [-0.2, 0) is 26.3 Å². The summed E-state index contributed by atoms with van der Waals surface area (Å²) in [6.07, 6.45) is 0. The summed E-state index contributed by atoms with van der Waals surface area (Å²) < 4.78 is 23.0. The molecule has 0 unspecified atom stereocenters. The van der Waals surface area contributed by atoms with Crippen molar-refractivity contribution in [2.75, 3.05) is 27.3 Å². The third-order valence-electron chi connectivity index (χ3n) is 6.07. The van der Waals surface area contributed by atoms with E-state index in [4.69, 9.17) is 18.9 Å². The van der Waals surface area contributed by atoms with E-state index in [1.807, 2.05) is 84.9 Å². The lowest BCUT2D eigenvalue weighted by molar-refractivity contribution is 0.284. The molecular weight excluding hydrogens is 547 g/mol. The monoisotopic (exact) mass is 584 g/mol. The molecule has 4 aromatic carbocycles. The van der Waals surface area contributed by atoms with E-state index in [0.29, 0.717) is 13.2 Å². The predicted molar refractivity (Wildman–Crippen MR) is 165 cm³/mol. The summed E-state index contributed by atoms with van der Waals surface area (Å²) in [5.74, 6) is 2.97. The van der Waals surface area contributed by atoms with Gasteiger partial charge in [-0.05, 0) is 46.5 Å². The van der Waals surface area contributed by atoms with Gasteiger partial charge in [-0.25, -0.2) is 0 Å². The summed E-state index contributed by atoms with van der Waals surface area (Å²) >= 11 is 0. The molecule has 6 nitrogen and oxygen atoms in total. The molecule has 0 fully saturated rings. The van der Waals surface area contributed by atoms with Crippen LogP contribution < -0.4 is 29.6 Å². The molecule has 0 heterocycles. The highest BCUT2D eigenvalue weighted by Gasteiger charge is 2.08. The molecule has 0 aromatic heterocycles. The SMILES string of the molecule is COc1cc(CNCCNCc2ccc(OCc3ccccc3)c(OC)c2)ccc1OCc1ccccc1.Cl.Cl. The Morgan fingerprint density at radius 2 is 0.875 bits per heavy atom. The Bertz CT molecular complexity index is 1160. The second-order valence-corrected chi connectivity index (χ2v) is 8.87. The van der Waals surface area contributed by atoms with Crippen molar-refractivity contribution in [1.82, 2.24) is 10.6 Å². The van der Waals surface area contributed by atoms with Crippen molar-refractivity contribution in [2.45, 2.75) is 26.3 Å². The summed E-state index contributed by atoms with van der Waals surface area (Å²) in [5, 5.41) is 6.95. The summed E-state index contributed by atoms with van der Waals surface area (Å²) in [5.41, 5.74) is 4.53. The van der Waals surface area contributed by atoms with Gasteiger partial charge in [0.15, 0.2) is 23.0 Å². The van der Waals surface area contributed by atoms with E-state index in [-0.39, 0.29) is 24.8 Å². The van der Waals surface area contributed by atoms with Gasteiger partial charge in [-0.15, -0.1) is 24.8 Å². The van der Waals surface area contributed by atoms with E-state index in [9.17, 15) is 0 Å². The molecule has 0 amide bonds. The number of nitrogens with one attached hydrogen (secondary N) is 2. The quantitative estimate of drug-likeness (QED) is 0.154. The van der Waals surface area contributed by atoms with E-state index in [1.54, 1.807) is 14.2 Å². The Balaban J connectivity index is 0.00000280. The smallest absolute Gasteiger partial charge is 0.161 e. The number of methoxy groups -OCH3 is 2. The standard InChI is InChI=1S/C32H36N2O4.2ClH/c1-35-31-19-27(13-15-29(31)37-23-25-9-5-3-6-10-25)21-33-17-18-34-22-28-14-16-30(32(20-28)36-2)38-24-26-11-7-4-8-12-26;;/h3-16,19-20,33-34H,17-18,21-24H2,1-2H3;2*1H. The zero-order valence-electron chi connectivity index (χ0n) is 22.9. The molecule has 0 bridgehead atoms. The van der Waals surface area contributed by atoms with Gasteiger partial charge < -0.3 is 29.6 Å². The highest BCUT2D eigenvalue weighted by atomic mass is 35.5. The molecule has 0 aliphatic carbocycles. The molecule has 0 atom stereocenters. The molecule has 0 saturated carbocycles. The lowest BCUT2D eigenvalue weighted by Gasteiger charge is -2.14. The van der Waals surface area contributed by atoms with Gasteiger partial charge in [0, 0.05) is 26.2 Å². The van der Waals surface area contributed by atoms with Crippen LogP contribution in [0.2, 0.25) is 0 Å². The Morgan fingerprint density at radius 1 is 0.475 bits per heavy atom. The second-order valence-electron chi connectivity index (χ2n) is 8.87. The van der Waals surface area contributed by atoms with Crippen LogP contribution in [0.5, 0.6) is 23.0 Å². The number of rotatable bonds is 15. The van der Waals surface area contributed by atoms with Crippen molar-refractivity contribution in [3.05, 3.63) is 119 Å². The molecule has 8 heteroatoms. The normalized spacial score (nSPS) is 10.2. The minimum Gasteiger partial charge on any atom is -0.493 e. The molecule has 2 N–H and O–H groups in total. The third-order valence-corrected chi connectivity index (χ3v) is 6.07. The van der Waals surface area contributed by atoms with Crippen molar-refractivity contribution in [3.8, 4) is 23.0 Å². The number of benzene rings is 4. The fourth-order valence-corrected chi connectivity index (χ4v) is 4.00. The molecular formula is C32H38Cl2N2O4. The van der Waals surface area contributed by atoms with Crippen molar-refractivity contribution in [2.24, 2.45) is 0 Å². The lowest BCUT2D eigenvalue weighted by Crippen LogP contribution is -2.26. The van der Waals surface area contributed by atoms with Crippen LogP contribution in [0.25, 0.3) is 0 Å². The summed E-state index contributed by atoms with van der Waals surface area (Å²) in [6, 6.07) is 32.3. The zero-order chi connectivity index (χ0) is 26.4. The maximum absolute atomic E-state index is 5.95. The van der Waals surface area contributed by atoms with Crippen LogP contribution in [0, 0.1) is 0 Å². The Labute approximate surface area is 249 Å². The van der Waals surface area contributed by atoms with E-state index in [1.165, 1.54) is 0 Å². The number of hydrogen-bond acceptors (Lipinski definition) is 6. The largest absolute Gasteiger partial charge is 0.493 e. The van der Waals surface area contributed by atoms with Crippen LogP contribution in [0.4, 0.5) is 0 Å². The van der Waals surface area contributed by atoms with Crippen molar-refractivity contribution < 1.29 is 18.9 Å². The molecule has 0 spiro atoms. The summed E-state index contributed by atoms with van der Waals surface area (Å²) in [4.78, 5) is 0. The summed E-state index contributed by atoms with van der Waals surface area (Å²) in [6.45, 7) is 4.19. The molecule has 0 aliphatic rings. The summed E-state index contributed by atoms with van der Waals surface area (Å²) in [7, 11) is 3.34.